The minimum atomic E-state index is -4.57. The van der Waals surface area contributed by atoms with Gasteiger partial charge in [0.05, 0.1) is 18.0 Å². The number of likely N-dealkylation sites (tertiary alicyclic amines) is 1. The normalized spacial score (nSPS) is 18.9. The quantitative estimate of drug-likeness (QED) is 0.177. The van der Waals surface area contributed by atoms with Crippen LogP contribution in [0.25, 0.3) is 0 Å². The van der Waals surface area contributed by atoms with E-state index in [1.165, 1.54) is 48.4 Å². The summed E-state index contributed by atoms with van der Waals surface area (Å²) in [7, 11) is 1.32. The molecule has 2 atom stereocenters. The SMILES string of the molecule is C=C(N=C(N)C(=O)N1CCC[C@@](OC)(c2c(NC=O)ccc(Cl)c2F)C1)C(CC(F)(F)F)c1cccc(Cl)c1. The second kappa shape index (κ2) is 12.4. The van der Waals surface area contributed by atoms with Gasteiger partial charge in [0, 0.05) is 41.5 Å². The van der Waals surface area contributed by atoms with Gasteiger partial charge in [-0.05, 0) is 42.7 Å². The lowest BCUT2D eigenvalue weighted by atomic mass is 9.83. The molecule has 1 aliphatic heterocycles. The van der Waals surface area contributed by atoms with Crippen molar-refractivity contribution < 1.29 is 31.9 Å². The maximum absolute atomic E-state index is 15.2. The molecule has 3 N–H and O–H groups in total. The second-order valence-electron chi connectivity index (χ2n) is 8.99. The number of nitrogens with zero attached hydrogens (tertiary/aromatic N) is 2. The van der Waals surface area contributed by atoms with Crippen molar-refractivity contribution in [2.75, 3.05) is 25.5 Å². The van der Waals surface area contributed by atoms with E-state index in [9.17, 15) is 22.8 Å². The number of ether oxygens (including phenoxy) is 1. The lowest BCUT2D eigenvalue weighted by molar-refractivity contribution is -0.137. The lowest BCUT2D eigenvalue weighted by Gasteiger charge is -2.42. The molecule has 0 radical (unpaired) electrons. The summed E-state index contributed by atoms with van der Waals surface area (Å²) in [5.41, 5.74) is 4.52. The Morgan fingerprint density at radius 2 is 2.05 bits per heavy atom. The predicted octanol–water partition coefficient (Wildman–Crippen LogP) is 5.77. The van der Waals surface area contributed by atoms with E-state index in [0.717, 1.165) is 0 Å². The van der Waals surface area contributed by atoms with Crippen LogP contribution in [0.3, 0.4) is 0 Å². The number of amides is 2. The number of hydrogen-bond acceptors (Lipinski definition) is 4. The van der Waals surface area contributed by atoms with Crippen LogP contribution in [0.5, 0.6) is 0 Å². The molecule has 1 saturated heterocycles. The number of nitrogens with two attached hydrogens (primary N) is 1. The third-order valence-electron chi connectivity index (χ3n) is 6.47. The number of aliphatic imine (C=N–C) groups is 1. The van der Waals surface area contributed by atoms with Crippen molar-refractivity contribution in [2.45, 2.75) is 37.0 Å². The number of anilines is 1. The van der Waals surface area contributed by atoms with E-state index in [0.29, 0.717) is 12.8 Å². The molecule has 0 aromatic heterocycles. The molecule has 210 valence electrons. The molecule has 2 amide bonds. The summed E-state index contributed by atoms with van der Waals surface area (Å²) in [6.45, 7) is 3.63. The average molecular weight is 589 g/mol. The van der Waals surface area contributed by atoms with Crippen LogP contribution in [0.2, 0.25) is 10.0 Å². The number of carbonyl (C=O) groups excluding carboxylic acids is 2. The fraction of sp³-hybridized carbons (Fsp3) is 0.346. The highest BCUT2D eigenvalue weighted by molar-refractivity contribution is 6.37. The zero-order valence-corrected chi connectivity index (χ0v) is 22.3. The van der Waals surface area contributed by atoms with Gasteiger partial charge in [-0.15, -0.1) is 0 Å². The van der Waals surface area contributed by atoms with Crippen LogP contribution in [-0.2, 0) is 19.9 Å². The number of alkyl halides is 3. The molecular weight excluding hydrogens is 563 g/mol. The van der Waals surface area contributed by atoms with Crippen LogP contribution in [0.1, 0.15) is 36.3 Å². The number of amidine groups is 1. The first-order valence-electron chi connectivity index (χ1n) is 11.7. The molecule has 2 aromatic carbocycles. The number of halogens is 6. The van der Waals surface area contributed by atoms with Gasteiger partial charge in [0.2, 0.25) is 6.41 Å². The Hall–Kier alpha value is -3.15. The molecule has 1 unspecified atom stereocenters. The summed E-state index contributed by atoms with van der Waals surface area (Å²) in [4.78, 5) is 29.6. The standard InChI is InChI=1S/C26H26Cl2F4N4O3/c1-15(18(12-26(30,31)32)16-5-3-6-17(27)11-16)35-23(33)24(38)36-10-4-9-25(13-36,39-2)21-20(34-14-37)8-7-19(28)22(21)29/h3,5-8,11,14,18H,1,4,9-10,12-13H2,2H3,(H2,33,35)(H,34,37)/t18?,25-/m0/s1. The number of methoxy groups -OCH3 is 1. The Bertz CT molecular complexity index is 1290. The molecule has 0 bridgehead atoms. The number of benzene rings is 2. The lowest BCUT2D eigenvalue weighted by Crippen LogP contribution is -2.53. The number of carbonyl (C=O) groups is 2. The van der Waals surface area contributed by atoms with Crippen molar-refractivity contribution in [1.82, 2.24) is 4.90 Å². The van der Waals surface area contributed by atoms with E-state index >= 15 is 4.39 Å². The number of rotatable bonds is 8. The van der Waals surface area contributed by atoms with Crippen molar-refractivity contribution in [3.8, 4) is 0 Å². The van der Waals surface area contributed by atoms with Crippen molar-refractivity contribution >= 4 is 47.0 Å². The minimum absolute atomic E-state index is 0.0479. The molecule has 0 saturated carbocycles. The summed E-state index contributed by atoms with van der Waals surface area (Å²) in [6, 6.07) is 8.49. The Morgan fingerprint density at radius 1 is 1.33 bits per heavy atom. The van der Waals surface area contributed by atoms with Gasteiger partial charge in [-0.3, -0.25) is 9.59 Å². The largest absolute Gasteiger partial charge is 0.390 e. The molecule has 2 aromatic rings. The maximum Gasteiger partial charge on any atom is 0.390 e. The third-order valence-corrected chi connectivity index (χ3v) is 7.00. The minimum Gasteiger partial charge on any atom is -0.379 e. The van der Waals surface area contributed by atoms with Crippen molar-refractivity contribution in [1.29, 1.82) is 0 Å². The Morgan fingerprint density at radius 3 is 2.67 bits per heavy atom. The molecular formula is C26H26Cl2F4N4O3. The highest BCUT2D eigenvalue weighted by Gasteiger charge is 2.43. The van der Waals surface area contributed by atoms with Gasteiger partial charge >= 0.3 is 6.18 Å². The first kappa shape index (κ1) is 30.4. The van der Waals surface area contributed by atoms with Gasteiger partial charge in [0.1, 0.15) is 11.4 Å². The third kappa shape index (κ3) is 7.09. The molecule has 1 aliphatic rings. The van der Waals surface area contributed by atoms with Gasteiger partial charge in [-0.25, -0.2) is 9.38 Å². The van der Waals surface area contributed by atoms with E-state index in [1.807, 2.05) is 0 Å². The Labute approximate surface area is 232 Å². The van der Waals surface area contributed by atoms with Gasteiger partial charge in [-0.1, -0.05) is 41.9 Å². The highest BCUT2D eigenvalue weighted by atomic mass is 35.5. The molecule has 0 spiro atoms. The van der Waals surface area contributed by atoms with E-state index < -0.39 is 41.7 Å². The second-order valence-corrected chi connectivity index (χ2v) is 9.83. The smallest absolute Gasteiger partial charge is 0.379 e. The zero-order valence-electron chi connectivity index (χ0n) is 20.8. The first-order valence-corrected chi connectivity index (χ1v) is 12.5. The molecule has 3 rings (SSSR count). The predicted molar refractivity (Wildman–Crippen MR) is 141 cm³/mol. The summed E-state index contributed by atoms with van der Waals surface area (Å²) in [5, 5.41) is 2.43. The zero-order chi connectivity index (χ0) is 29.0. The van der Waals surface area contributed by atoms with Crippen LogP contribution in [0, 0.1) is 5.82 Å². The highest BCUT2D eigenvalue weighted by Crippen LogP contribution is 2.42. The van der Waals surface area contributed by atoms with Crippen molar-refractivity contribution in [2.24, 2.45) is 10.7 Å². The fourth-order valence-corrected chi connectivity index (χ4v) is 5.03. The number of nitrogens with one attached hydrogen (secondary N) is 1. The number of piperidine rings is 1. The summed E-state index contributed by atoms with van der Waals surface area (Å²) < 4.78 is 61.0. The summed E-state index contributed by atoms with van der Waals surface area (Å²) in [6.07, 6.45) is -4.88. The number of allylic oxidation sites excluding steroid dienone is 1. The van der Waals surface area contributed by atoms with E-state index in [4.69, 9.17) is 33.7 Å². The van der Waals surface area contributed by atoms with Crippen LogP contribution in [0.4, 0.5) is 23.2 Å². The number of hydrogen-bond donors (Lipinski definition) is 2. The van der Waals surface area contributed by atoms with Gasteiger partial charge < -0.3 is 20.7 Å². The first-order chi connectivity index (χ1) is 18.3. The van der Waals surface area contributed by atoms with Crippen LogP contribution < -0.4 is 11.1 Å². The van der Waals surface area contributed by atoms with Crippen LogP contribution in [0.15, 0.2) is 53.7 Å². The molecule has 7 nitrogen and oxygen atoms in total. The van der Waals surface area contributed by atoms with Gasteiger partial charge in [0.15, 0.2) is 5.84 Å². The van der Waals surface area contributed by atoms with E-state index in [1.54, 1.807) is 0 Å². The molecule has 39 heavy (non-hydrogen) atoms. The topological polar surface area (TPSA) is 97.0 Å². The maximum atomic E-state index is 15.2. The van der Waals surface area contributed by atoms with E-state index in [2.05, 4.69) is 16.9 Å². The van der Waals surface area contributed by atoms with Gasteiger partial charge in [0.25, 0.3) is 5.91 Å². The molecule has 1 fully saturated rings. The van der Waals surface area contributed by atoms with Crippen molar-refractivity contribution in [3.63, 3.8) is 0 Å². The average Bonchev–Trinajstić information content (AvgIpc) is 2.88. The monoisotopic (exact) mass is 588 g/mol. The molecule has 0 aliphatic carbocycles. The molecule has 1 heterocycles. The Balaban J connectivity index is 1.92. The van der Waals surface area contributed by atoms with E-state index in [-0.39, 0.29) is 52.1 Å². The Kier molecular flexibility index (Phi) is 9.63. The summed E-state index contributed by atoms with van der Waals surface area (Å²) in [5.74, 6) is -3.57. The van der Waals surface area contributed by atoms with Crippen LogP contribution in [-0.4, -0.2) is 49.4 Å². The fourth-order valence-electron chi connectivity index (χ4n) is 4.67. The molecule has 13 heteroatoms. The van der Waals surface area contributed by atoms with Crippen LogP contribution >= 0.6 is 23.2 Å². The summed E-state index contributed by atoms with van der Waals surface area (Å²) >= 11 is 12.0. The van der Waals surface area contributed by atoms with Crippen molar-refractivity contribution in [3.05, 3.63) is 75.7 Å². The van der Waals surface area contributed by atoms with Gasteiger partial charge in [-0.2, -0.15) is 13.2 Å².